The van der Waals surface area contributed by atoms with Gasteiger partial charge in [0.15, 0.2) is 0 Å². The summed E-state index contributed by atoms with van der Waals surface area (Å²) < 4.78 is 43.7. The van der Waals surface area contributed by atoms with Crippen LogP contribution in [-0.4, -0.2) is 50.6 Å². The van der Waals surface area contributed by atoms with E-state index >= 15 is 0 Å². The number of carbonyl (C=O) groups excluding carboxylic acids is 1. The quantitative estimate of drug-likeness (QED) is 0.303. The highest BCUT2D eigenvalue weighted by Crippen LogP contribution is 2.21. The number of nitrogens with one attached hydrogen (secondary N) is 1. The van der Waals surface area contributed by atoms with Crippen LogP contribution in [0.2, 0.25) is 0 Å². The fourth-order valence-electron chi connectivity index (χ4n) is 1.51. The van der Waals surface area contributed by atoms with Gasteiger partial charge >= 0.3 is 18.0 Å². The minimum absolute atomic E-state index is 0.366. The number of carbonyl (C=O) groups is 1. The molecule has 9 nitrogen and oxygen atoms in total. The Morgan fingerprint density at radius 3 is 2.86 bits per heavy atom. The van der Waals surface area contributed by atoms with E-state index in [0.29, 0.717) is 6.92 Å². The number of rotatable bonds is 8. The molecule has 0 fully saturated rings. The largest absolute Gasteiger partial charge is 0.446 e. The van der Waals surface area contributed by atoms with Crippen LogP contribution in [0.1, 0.15) is 6.92 Å². The molecule has 0 bridgehead atoms. The number of hydrogen-bond donors (Lipinski definition) is 2. The Labute approximate surface area is 121 Å². The zero-order valence-electron chi connectivity index (χ0n) is 11.3. The normalized spacial score (nSPS) is 14.4. The first-order valence-corrected chi connectivity index (χ1v) is 5.92. The first kappa shape index (κ1) is 17.8. The standard InChI is InChI=1S/C10H13F3N4O5/c1-6(18)22-10(12,13)8(11)15-4-7(19)5-16-3-2-14-9(16)17(20)21/h2-3,7-8,15,19H,4-5H2,1H3. The molecule has 0 spiro atoms. The van der Waals surface area contributed by atoms with Gasteiger partial charge in [-0.05, 0) is 4.92 Å². The average Bonchev–Trinajstić information content (AvgIpc) is 2.82. The zero-order chi connectivity index (χ0) is 16.9. The van der Waals surface area contributed by atoms with Crippen molar-refractivity contribution in [3.05, 3.63) is 22.5 Å². The van der Waals surface area contributed by atoms with Gasteiger partial charge in [-0.3, -0.25) is 10.1 Å². The molecule has 1 aromatic rings. The number of aromatic nitrogens is 2. The number of aliphatic hydroxyl groups excluding tert-OH is 1. The molecule has 22 heavy (non-hydrogen) atoms. The second-order valence-electron chi connectivity index (χ2n) is 4.22. The van der Waals surface area contributed by atoms with Gasteiger partial charge in [-0.1, -0.05) is 4.98 Å². The second kappa shape index (κ2) is 7.17. The van der Waals surface area contributed by atoms with E-state index in [1.54, 1.807) is 5.32 Å². The van der Waals surface area contributed by atoms with Crippen molar-refractivity contribution < 1.29 is 32.7 Å². The number of nitro groups is 1. The Balaban J connectivity index is 2.52. The Bertz CT molecular complexity index is 538. The third-order valence-electron chi connectivity index (χ3n) is 2.37. The van der Waals surface area contributed by atoms with Gasteiger partial charge in [0, 0.05) is 13.5 Å². The molecule has 1 heterocycles. The van der Waals surface area contributed by atoms with Crippen molar-refractivity contribution in [2.24, 2.45) is 0 Å². The monoisotopic (exact) mass is 326 g/mol. The van der Waals surface area contributed by atoms with Crippen molar-refractivity contribution in [1.29, 1.82) is 0 Å². The summed E-state index contributed by atoms with van der Waals surface area (Å²) in [6.45, 7) is -0.337. The van der Waals surface area contributed by atoms with Crippen molar-refractivity contribution in [3.8, 4) is 0 Å². The van der Waals surface area contributed by atoms with Gasteiger partial charge in [0.05, 0.1) is 12.6 Å². The minimum Gasteiger partial charge on any atom is -0.398 e. The maximum Gasteiger partial charge on any atom is 0.446 e. The molecule has 1 aromatic heterocycles. The van der Waals surface area contributed by atoms with Crippen LogP contribution in [-0.2, 0) is 16.1 Å². The molecule has 2 N–H and O–H groups in total. The topological polar surface area (TPSA) is 120 Å². The predicted molar refractivity (Wildman–Crippen MR) is 64.5 cm³/mol. The number of aliphatic hydroxyl groups is 1. The fraction of sp³-hybridized carbons (Fsp3) is 0.600. The molecular formula is C10H13F3N4O5. The van der Waals surface area contributed by atoms with Gasteiger partial charge in [0.1, 0.15) is 12.4 Å². The van der Waals surface area contributed by atoms with Gasteiger partial charge in [-0.25, -0.2) is 8.96 Å². The SMILES string of the molecule is CC(=O)OC(F)(F)C(F)NCC(O)Cn1ccnc1[N+](=O)[O-]. The van der Waals surface area contributed by atoms with E-state index in [9.17, 15) is 33.2 Å². The molecule has 2 atom stereocenters. The number of hydrogen-bond acceptors (Lipinski definition) is 7. The van der Waals surface area contributed by atoms with Crippen LogP contribution in [0.3, 0.4) is 0 Å². The third-order valence-corrected chi connectivity index (χ3v) is 2.37. The summed E-state index contributed by atoms with van der Waals surface area (Å²) >= 11 is 0. The molecule has 0 aliphatic heterocycles. The minimum atomic E-state index is -4.40. The number of nitrogens with zero attached hydrogens (tertiary/aromatic N) is 3. The summed E-state index contributed by atoms with van der Waals surface area (Å²) in [5.74, 6) is -1.93. The van der Waals surface area contributed by atoms with Gasteiger partial charge < -0.3 is 20.0 Å². The first-order valence-electron chi connectivity index (χ1n) is 5.92. The number of alkyl halides is 3. The highest BCUT2D eigenvalue weighted by atomic mass is 19.3. The molecule has 0 aromatic carbocycles. The Morgan fingerprint density at radius 1 is 1.68 bits per heavy atom. The van der Waals surface area contributed by atoms with Crippen molar-refractivity contribution >= 4 is 11.9 Å². The average molecular weight is 326 g/mol. The molecule has 0 aliphatic carbocycles. The predicted octanol–water partition coefficient (Wildman–Crippen LogP) is 0.193. The molecular weight excluding hydrogens is 313 g/mol. The van der Waals surface area contributed by atoms with Gasteiger partial charge in [-0.2, -0.15) is 8.78 Å². The van der Waals surface area contributed by atoms with Crippen LogP contribution < -0.4 is 5.32 Å². The summed E-state index contributed by atoms with van der Waals surface area (Å²) in [7, 11) is 0. The first-order chi connectivity index (χ1) is 10.1. The summed E-state index contributed by atoms with van der Waals surface area (Å²) in [6.07, 6.45) is -6.54. The van der Waals surface area contributed by atoms with Crippen LogP contribution in [0.15, 0.2) is 12.4 Å². The molecule has 0 amide bonds. The van der Waals surface area contributed by atoms with Crippen LogP contribution >= 0.6 is 0 Å². The lowest BCUT2D eigenvalue weighted by Gasteiger charge is -2.21. The van der Waals surface area contributed by atoms with E-state index in [2.05, 4.69) is 9.72 Å². The van der Waals surface area contributed by atoms with E-state index in [-0.39, 0.29) is 6.54 Å². The van der Waals surface area contributed by atoms with Gasteiger partial charge in [0.2, 0.25) is 0 Å². The van der Waals surface area contributed by atoms with E-state index in [0.717, 1.165) is 10.8 Å². The lowest BCUT2D eigenvalue weighted by atomic mass is 10.3. The molecule has 12 heteroatoms. The lowest BCUT2D eigenvalue weighted by molar-refractivity contribution is -0.397. The van der Waals surface area contributed by atoms with Crippen LogP contribution in [0, 0.1) is 10.1 Å². The van der Waals surface area contributed by atoms with E-state index in [4.69, 9.17) is 0 Å². The molecule has 0 aliphatic rings. The zero-order valence-corrected chi connectivity index (χ0v) is 11.3. The molecule has 0 radical (unpaired) electrons. The van der Waals surface area contributed by atoms with Crippen LogP contribution in [0.4, 0.5) is 19.1 Å². The number of ether oxygens (including phenoxy) is 1. The fourth-order valence-corrected chi connectivity index (χ4v) is 1.51. The van der Waals surface area contributed by atoms with Crippen molar-refractivity contribution in [2.45, 2.75) is 32.0 Å². The second-order valence-corrected chi connectivity index (χ2v) is 4.22. The summed E-state index contributed by atoms with van der Waals surface area (Å²) in [4.78, 5) is 23.6. The van der Waals surface area contributed by atoms with Gasteiger partial charge in [0.25, 0.3) is 6.30 Å². The lowest BCUT2D eigenvalue weighted by Crippen LogP contribution is -2.47. The molecule has 124 valence electrons. The number of esters is 1. The molecule has 2 unspecified atom stereocenters. The van der Waals surface area contributed by atoms with Crippen molar-refractivity contribution in [3.63, 3.8) is 0 Å². The number of halogens is 3. The maximum absolute atomic E-state index is 13.2. The highest BCUT2D eigenvalue weighted by Gasteiger charge is 2.44. The van der Waals surface area contributed by atoms with Crippen molar-refractivity contribution in [1.82, 2.24) is 14.9 Å². The van der Waals surface area contributed by atoms with E-state index in [1.165, 1.54) is 6.20 Å². The van der Waals surface area contributed by atoms with Crippen molar-refractivity contribution in [2.75, 3.05) is 6.54 Å². The van der Waals surface area contributed by atoms with Crippen LogP contribution in [0.25, 0.3) is 0 Å². The smallest absolute Gasteiger partial charge is 0.398 e. The van der Waals surface area contributed by atoms with E-state index in [1.807, 2.05) is 0 Å². The highest BCUT2D eigenvalue weighted by molar-refractivity contribution is 5.66. The summed E-state index contributed by atoms with van der Waals surface area (Å²) in [5, 5.41) is 21.8. The molecule has 0 saturated heterocycles. The third kappa shape index (κ3) is 4.96. The molecule has 0 saturated carbocycles. The maximum atomic E-state index is 13.2. The Hall–Kier alpha value is -2.21. The van der Waals surface area contributed by atoms with Gasteiger partial charge in [-0.15, -0.1) is 0 Å². The molecule has 1 rings (SSSR count). The number of imidazole rings is 1. The van der Waals surface area contributed by atoms with E-state index < -0.39 is 41.9 Å². The summed E-state index contributed by atoms with van der Waals surface area (Å²) in [6, 6.07) is 0. The Kier molecular flexibility index (Phi) is 5.82. The summed E-state index contributed by atoms with van der Waals surface area (Å²) in [5.41, 5.74) is 0. The van der Waals surface area contributed by atoms with Crippen LogP contribution in [0.5, 0.6) is 0 Å². The Morgan fingerprint density at radius 2 is 2.32 bits per heavy atom.